The van der Waals surface area contributed by atoms with Crippen LogP contribution in [-0.2, 0) is 20.1 Å². The number of fused-ring (bicyclic) bond motifs is 4. The van der Waals surface area contributed by atoms with Gasteiger partial charge in [-0.1, -0.05) is 59.1 Å². The van der Waals surface area contributed by atoms with Crippen molar-refractivity contribution in [2.45, 2.75) is 34.6 Å². The minimum absolute atomic E-state index is 0. The van der Waals surface area contributed by atoms with Crippen molar-refractivity contribution in [1.29, 1.82) is 0 Å². The summed E-state index contributed by atoms with van der Waals surface area (Å²) in [5.74, 6) is 0.533. The standard InChI is InChI=1S/C22H18N3O.C14H14N.Ir/c1-15(2)13-24-14-25(19-10-4-3-9-18(19)24)20-11-5-7-16-17-8-6-12-23-22(17)26-21(16)20;1-10-4-6-13(7-5-10)14-8-11(2)12(3)9-15-14;/h3-10,12,15H,13H2,1-2H3;4-6,8-9H,1-3H3;/q+1;-1;. The summed E-state index contributed by atoms with van der Waals surface area (Å²) in [5.41, 5.74) is 10.3. The SMILES string of the molecule is CC(C)C[N+]1=C=[N+](c2[c-]ccc3c2oc2ncccc23)c2ccccc21.Cc1c[c-]c(-c2cc(C)c(C)cn2)cc1.[Ir]. The Morgan fingerprint density at radius 2 is 1.69 bits per heavy atom. The molecule has 42 heavy (non-hydrogen) atoms. The number of nitrogens with zero attached hydrogens (tertiary/aromatic N) is 4. The average molecular weight is 729 g/mol. The first-order valence-electron chi connectivity index (χ1n) is 13.9. The van der Waals surface area contributed by atoms with E-state index in [2.05, 4.69) is 104 Å². The molecule has 0 saturated heterocycles. The summed E-state index contributed by atoms with van der Waals surface area (Å²) in [7, 11) is 0. The first-order valence-corrected chi connectivity index (χ1v) is 13.9. The van der Waals surface area contributed by atoms with E-state index in [-0.39, 0.29) is 20.1 Å². The Kier molecular flexibility index (Phi) is 8.61. The molecule has 1 radical (unpaired) electrons. The summed E-state index contributed by atoms with van der Waals surface area (Å²) in [6, 6.07) is 34.6. The summed E-state index contributed by atoms with van der Waals surface area (Å²) >= 11 is 0. The van der Waals surface area contributed by atoms with E-state index in [1.807, 2.05) is 47.2 Å². The van der Waals surface area contributed by atoms with Gasteiger partial charge in [0.1, 0.15) is 0 Å². The van der Waals surface area contributed by atoms with Crippen LogP contribution in [-0.4, -0.2) is 27.1 Å². The Morgan fingerprint density at radius 3 is 2.43 bits per heavy atom. The van der Waals surface area contributed by atoms with Crippen LogP contribution in [0.15, 0.2) is 89.6 Å². The van der Waals surface area contributed by atoms with Gasteiger partial charge in [0.2, 0.25) is 5.71 Å². The van der Waals surface area contributed by atoms with Crippen LogP contribution >= 0.6 is 0 Å². The smallest absolute Gasteiger partial charge is 0.494 e. The fraction of sp³-hybridized carbons (Fsp3) is 0.194. The third kappa shape index (κ3) is 5.75. The predicted octanol–water partition coefficient (Wildman–Crippen LogP) is 8.57. The van der Waals surface area contributed by atoms with Gasteiger partial charge in [-0.25, -0.2) is 4.98 Å². The maximum Gasteiger partial charge on any atom is 0.494 e. The van der Waals surface area contributed by atoms with Gasteiger partial charge in [0.15, 0.2) is 12.2 Å². The number of aryl methyl sites for hydroxylation is 3. The van der Waals surface area contributed by atoms with Gasteiger partial charge in [0.05, 0.1) is 5.58 Å². The number of pyridine rings is 2. The molecule has 6 aromatic rings. The maximum absolute atomic E-state index is 6.08. The van der Waals surface area contributed by atoms with Crippen molar-refractivity contribution in [3.05, 3.63) is 114 Å². The van der Waals surface area contributed by atoms with Crippen LogP contribution in [0.1, 0.15) is 30.5 Å². The number of benzene rings is 3. The fourth-order valence-corrected chi connectivity index (χ4v) is 4.95. The second kappa shape index (κ2) is 12.3. The van der Waals surface area contributed by atoms with Gasteiger partial charge in [-0.05, 0) is 37.2 Å². The van der Waals surface area contributed by atoms with Crippen molar-refractivity contribution in [3.8, 4) is 11.3 Å². The van der Waals surface area contributed by atoms with Crippen LogP contribution < -0.4 is 4.58 Å². The molecule has 0 aliphatic carbocycles. The fourth-order valence-electron chi connectivity index (χ4n) is 4.95. The van der Waals surface area contributed by atoms with Gasteiger partial charge in [-0.15, -0.1) is 41.5 Å². The molecule has 0 unspecified atom stereocenters. The van der Waals surface area contributed by atoms with Gasteiger partial charge >= 0.3 is 6.01 Å². The molecule has 0 spiro atoms. The van der Waals surface area contributed by atoms with Crippen LogP contribution in [0.25, 0.3) is 33.3 Å². The van der Waals surface area contributed by atoms with E-state index in [9.17, 15) is 0 Å². The number of aromatic nitrogens is 2. The van der Waals surface area contributed by atoms with Gasteiger partial charge in [0.25, 0.3) is 11.4 Å². The minimum Gasteiger partial charge on any atom is -0.495 e. The molecule has 4 heterocycles. The van der Waals surface area contributed by atoms with Crippen molar-refractivity contribution < 1.29 is 29.1 Å². The first-order chi connectivity index (χ1) is 19.9. The van der Waals surface area contributed by atoms with E-state index in [1.54, 1.807) is 6.20 Å². The van der Waals surface area contributed by atoms with Gasteiger partial charge in [-0.2, -0.15) is 12.1 Å². The van der Waals surface area contributed by atoms with Crippen LogP contribution in [0.3, 0.4) is 0 Å². The van der Waals surface area contributed by atoms with Crippen LogP contribution in [0, 0.1) is 38.8 Å². The van der Waals surface area contributed by atoms with E-state index in [4.69, 9.17) is 4.42 Å². The monoisotopic (exact) mass is 729 g/mol. The molecule has 0 fully saturated rings. The molecular weight excluding hydrogens is 697 g/mol. The number of furan rings is 1. The maximum atomic E-state index is 6.08. The largest absolute Gasteiger partial charge is 0.495 e. The van der Waals surface area contributed by atoms with Gasteiger partial charge in [0, 0.05) is 55.9 Å². The molecule has 1 aliphatic rings. The summed E-state index contributed by atoms with van der Waals surface area (Å²) in [4.78, 5) is 8.76. The third-order valence-electron chi connectivity index (χ3n) is 7.21. The Bertz CT molecular complexity index is 1970. The average Bonchev–Trinajstić information content (AvgIpc) is 3.54. The van der Waals surface area contributed by atoms with Crippen molar-refractivity contribution in [2.75, 3.05) is 6.54 Å². The molecule has 6 heteroatoms. The normalized spacial score (nSPS) is 12.0. The van der Waals surface area contributed by atoms with E-state index >= 15 is 0 Å². The molecule has 3 aromatic carbocycles. The van der Waals surface area contributed by atoms with Gasteiger partial charge < -0.3 is 9.40 Å². The Labute approximate surface area is 260 Å². The second-order valence-corrected chi connectivity index (χ2v) is 10.9. The molecule has 0 N–H and O–H groups in total. The van der Waals surface area contributed by atoms with Crippen LogP contribution in [0.5, 0.6) is 0 Å². The summed E-state index contributed by atoms with van der Waals surface area (Å²) in [6.07, 6.45) is 3.67. The molecule has 5 nitrogen and oxygen atoms in total. The Hall–Kier alpha value is -4.21. The molecule has 7 rings (SSSR count). The number of hydrogen-bond acceptors (Lipinski definition) is 3. The quantitative estimate of drug-likeness (QED) is 0.135. The van der Waals surface area contributed by atoms with Crippen molar-refractivity contribution in [3.63, 3.8) is 0 Å². The minimum atomic E-state index is 0. The molecule has 211 valence electrons. The zero-order chi connectivity index (χ0) is 28.5. The zero-order valence-electron chi connectivity index (χ0n) is 24.4. The predicted molar refractivity (Wildman–Crippen MR) is 166 cm³/mol. The third-order valence-corrected chi connectivity index (χ3v) is 7.21. The Balaban J connectivity index is 0.000000189. The zero-order valence-corrected chi connectivity index (χ0v) is 26.8. The number of para-hydroxylation sites is 2. The van der Waals surface area contributed by atoms with E-state index in [0.29, 0.717) is 11.6 Å². The van der Waals surface area contributed by atoms with Crippen molar-refractivity contribution >= 4 is 45.1 Å². The Morgan fingerprint density at radius 1 is 0.881 bits per heavy atom. The number of rotatable bonds is 4. The van der Waals surface area contributed by atoms with E-state index in [1.165, 1.54) is 16.7 Å². The molecule has 0 atom stereocenters. The molecule has 0 bridgehead atoms. The van der Waals surface area contributed by atoms with Gasteiger partial charge in [-0.3, -0.25) is 0 Å². The van der Waals surface area contributed by atoms with Crippen LogP contribution in [0.4, 0.5) is 17.1 Å². The first kappa shape index (κ1) is 29.3. The van der Waals surface area contributed by atoms with E-state index in [0.717, 1.165) is 51.2 Å². The summed E-state index contributed by atoms with van der Waals surface area (Å²) in [5, 5.41) is 2.06. The van der Waals surface area contributed by atoms with E-state index < -0.39 is 0 Å². The molecule has 1 aliphatic heterocycles. The topological polar surface area (TPSA) is 44.9 Å². The molecular formula is C36H32IrN4O. The van der Waals surface area contributed by atoms with Crippen LogP contribution in [0.2, 0.25) is 0 Å². The summed E-state index contributed by atoms with van der Waals surface area (Å²) in [6.45, 7) is 11.6. The molecule has 0 saturated carbocycles. The second-order valence-electron chi connectivity index (χ2n) is 10.9. The summed E-state index contributed by atoms with van der Waals surface area (Å²) < 4.78 is 10.3. The number of hydrogen-bond donors (Lipinski definition) is 0. The van der Waals surface area contributed by atoms with Crippen molar-refractivity contribution in [2.24, 2.45) is 5.92 Å². The van der Waals surface area contributed by atoms with Crippen molar-refractivity contribution in [1.82, 2.24) is 14.5 Å². The molecule has 3 aromatic heterocycles. The molecule has 0 amide bonds.